The van der Waals surface area contributed by atoms with Crippen molar-refractivity contribution in [3.8, 4) is 0 Å². The topological polar surface area (TPSA) is 125 Å². The molecule has 10 heteroatoms. The normalized spacial score (nSPS) is 15.6. The van der Waals surface area contributed by atoms with Crippen molar-refractivity contribution in [3.63, 3.8) is 0 Å². The average Bonchev–Trinajstić information content (AvgIpc) is 3.37. The third kappa shape index (κ3) is 8.75. The van der Waals surface area contributed by atoms with Crippen LogP contribution in [0.5, 0.6) is 0 Å². The standard InChI is InChI=1S/C18H36N8S2/c19-3-7-23-11-9-21-5-1-18(2-6-22-10-12-24-8-4-20)26-17(14-28-18)16-13-27-15-25-16/h13-15,21-24,26H,1-12,19-20H2. The molecule has 0 aromatic carbocycles. The zero-order valence-corrected chi connectivity index (χ0v) is 18.3. The SMILES string of the molecule is NCCNCCNCCC1(CCNCCNCCN)NC(c2cscn2)=CS1. The van der Waals surface area contributed by atoms with Crippen molar-refractivity contribution >= 4 is 28.8 Å². The van der Waals surface area contributed by atoms with Crippen molar-refractivity contribution in [2.45, 2.75) is 17.7 Å². The van der Waals surface area contributed by atoms with Crippen LogP contribution in [0.1, 0.15) is 18.5 Å². The number of thiazole rings is 1. The molecule has 1 aromatic rings. The van der Waals surface area contributed by atoms with E-state index in [9.17, 15) is 0 Å². The van der Waals surface area contributed by atoms with Gasteiger partial charge in [-0.3, -0.25) is 0 Å². The Bertz CT molecular complexity index is 520. The second-order valence-corrected chi connectivity index (χ2v) is 8.69. The first-order valence-corrected chi connectivity index (χ1v) is 11.9. The number of nitrogens with zero attached hydrogens (tertiary/aromatic N) is 1. The molecule has 1 aromatic heterocycles. The second-order valence-electron chi connectivity index (χ2n) is 6.72. The maximum atomic E-state index is 5.50. The minimum Gasteiger partial charge on any atom is -0.368 e. The Morgan fingerprint density at radius 1 is 0.857 bits per heavy atom. The quantitative estimate of drug-likeness (QED) is 0.165. The lowest BCUT2D eigenvalue weighted by Gasteiger charge is -2.30. The van der Waals surface area contributed by atoms with Crippen LogP contribution >= 0.6 is 23.1 Å². The Morgan fingerprint density at radius 2 is 1.43 bits per heavy atom. The molecule has 1 aliphatic rings. The van der Waals surface area contributed by atoms with Gasteiger partial charge < -0.3 is 38.1 Å². The summed E-state index contributed by atoms with van der Waals surface area (Å²) >= 11 is 3.52. The first-order chi connectivity index (χ1) is 13.8. The molecule has 0 saturated carbocycles. The van der Waals surface area contributed by atoms with Gasteiger partial charge in [0.1, 0.15) is 0 Å². The number of rotatable bonds is 17. The minimum absolute atomic E-state index is 0.00826. The largest absolute Gasteiger partial charge is 0.368 e. The van der Waals surface area contributed by atoms with Gasteiger partial charge in [0.15, 0.2) is 0 Å². The van der Waals surface area contributed by atoms with Gasteiger partial charge in [-0.1, -0.05) is 0 Å². The fraction of sp³-hybridized carbons (Fsp3) is 0.722. The smallest absolute Gasteiger partial charge is 0.0975 e. The first kappa shape index (κ1) is 23.6. The average molecular weight is 429 g/mol. The van der Waals surface area contributed by atoms with E-state index >= 15 is 0 Å². The fourth-order valence-corrected chi connectivity index (χ4v) is 4.64. The summed E-state index contributed by atoms with van der Waals surface area (Å²) in [5.41, 5.74) is 15.1. The first-order valence-electron chi connectivity index (χ1n) is 10.1. The van der Waals surface area contributed by atoms with E-state index in [0.717, 1.165) is 76.6 Å². The zero-order chi connectivity index (χ0) is 19.9. The molecule has 28 heavy (non-hydrogen) atoms. The van der Waals surface area contributed by atoms with Crippen LogP contribution in [0.15, 0.2) is 16.3 Å². The van der Waals surface area contributed by atoms with E-state index in [0.29, 0.717) is 13.1 Å². The maximum Gasteiger partial charge on any atom is 0.0975 e. The fourth-order valence-electron chi connectivity index (χ4n) is 2.95. The van der Waals surface area contributed by atoms with E-state index in [2.05, 4.69) is 42.4 Å². The van der Waals surface area contributed by atoms with Crippen molar-refractivity contribution in [2.24, 2.45) is 11.5 Å². The molecule has 0 unspecified atom stereocenters. The van der Waals surface area contributed by atoms with E-state index in [1.54, 1.807) is 11.3 Å². The number of thioether (sulfide) groups is 1. The van der Waals surface area contributed by atoms with Crippen LogP contribution in [0.2, 0.25) is 0 Å². The highest BCUT2D eigenvalue weighted by Gasteiger charge is 2.34. The molecule has 8 nitrogen and oxygen atoms in total. The third-order valence-electron chi connectivity index (χ3n) is 4.48. The Balaban J connectivity index is 1.73. The van der Waals surface area contributed by atoms with Gasteiger partial charge in [-0.2, -0.15) is 0 Å². The highest BCUT2D eigenvalue weighted by molar-refractivity contribution is 8.03. The van der Waals surface area contributed by atoms with Crippen LogP contribution < -0.4 is 38.1 Å². The van der Waals surface area contributed by atoms with Gasteiger partial charge in [-0.15, -0.1) is 23.1 Å². The molecular formula is C18H36N8S2. The van der Waals surface area contributed by atoms with Gasteiger partial charge >= 0.3 is 0 Å². The zero-order valence-electron chi connectivity index (χ0n) is 16.6. The van der Waals surface area contributed by atoms with Gasteiger partial charge in [-0.25, -0.2) is 4.98 Å². The summed E-state index contributed by atoms with van der Waals surface area (Å²) < 4.78 is 0. The van der Waals surface area contributed by atoms with Crippen LogP contribution in [0, 0.1) is 0 Å². The monoisotopic (exact) mass is 428 g/mol. The number of hydrogen-bond donors (Lipinski definition) is 7. The number of nitrogens with one attached hydrogen (secondary N) is 5. The summed E-state index contributed by atoms with van der Waals surface area (Å²) in [7, 11) is 0. The number of nitrogens with two attached hydrogens (primary N) is 2. The molecule has 9 N–H and O–H groups in total. The minimum atomic E-state index is 0.00826. The molecule has 0 amide bonds. The van der Waals surface area contributed by atoms with E-state index < -0.39 is 0 Å². The lowest BCUT2D eigenvalue weighted by Crippen LogP contribution is -2.43. The highest BCUT2D eigenvalue weighted by Crippen LogP contribution is 2.40. The van der Waals surface area contributed by atoms with E-state index in [-0.39, 0.29) is 4.87 Å². The molecule has 1 aliphatic heterocycles. The lowest BCUT2D eigenvalue weighted by molar-refractivity contribution is 0.437. The van der Waals surface area contributed by atoms with Crippen molar-refractivity contribution in [3.05, 3.63) is 22.0 Å². The summed E-state index contributed by atoms with van der Waals surface area (Å²) in [5.74, 6) is 0. The van der Waals surface area contributed by atoms with Crippen LogP contribution in [-0.4, -0.2) is 75.3 Å². The second kappa shape index (κ2) is 14.3. The molecule has 0 atom stereocenters. The summed E-state index contributed by atoms with van der Waals surface area (Å²) in [6.45, 7) is 8.87. The van der Waals surface area contributed by atoms with E-state index in [1.165, 1.54) is 0 Å². The maximum absolute atomic E-state index is 5.50. The van der Waals surface area contributed by atoms with Crippen LogP contribution in [0.4, 0.5) is 0 Å². The molecule has 0 saturated heterocycles. The molecule has 2 rings (SSSR count). The van der Waals surface area contributed by atoms with Crippen molar-refractivity contribution in [1.29, 1.82) is 0 Å². The number of aromatic nitrogens is 1. The Hall–Kier alpha value is -0.720. The molecule has 0 spiro atoms. The molecule has 0 radical (unpaired) electrons. The van der Waals surface area contributed by atoms with Gasteiger partial charge in [-0.05, 0) is 31.3 Å². The van der Waals surface area contributed by atoms with E-state index in [1.807, 2.05) is 17.3 Å². The van der Waals surface area contributed by atoms with Gasteiger partial charge in [0.05, 0.1) is 21.8 Å². The van der Waals surface area contributed by atoms with Gasteiger partial charge in [0.2, 0.25) is 0 Å². The molecule has 2 heterocycles. The van der Waals surface area contributed by atoms with Gasteiger partial charge in [0.25, 0.3) is 0 Å². The molecule has 0 bridgehead atoms. The molecular weight excluding hydrogens is 392 g/mol. The molecule has 0 fully saturated rings. The summed E-state index contributed by atoms with van der Waals surface area (Å²) in [4.78, 5) is 4.45. The van der Waals surface area contributed by atoms with Crippen molar-refractivity contribution in [2.75, 3.05) is 65.4 Å². The van der Waals surface area contributed by atoms with Crippen LogP contribution in [0.3, 0.4) is 0 Å². The van der Waals surface area contributed by atoms with Crippen molar-refractivity contribution in [1.82, 2.24) is 31.6 Å². The summed E-state index contributed by atoms with van der Waals surface area (Å²) in [6.07, 6.45) is 2.09. The van der Waals surface area contributed by atoms with Crippen LogP contribution in [-0.2, 0) is 0 Å². The lowest BCUT2D eigenvalue weighted by atomic mass is 10.1. The Morgan fingerprint density at radius 3 is 1.93 bits per heavy atom. The summed E-state index contributed by atoms with van der Waals surface area (Å²) in [5, 5.41) is 21.8. The molecule has 160 valence electrons. The summed E-state index contributed by atoms with van der Waals surface area (Å²) in [6, 6.07) is 0. The molecule has 0 aliphatic carbocycles. The Kier molecular flexibility index (Phi) is 12.0. The Labute approximate surface area is 177 Å². The van der Waals surface area contributed by atoms with Gasteiger partial charge in [0, 0.05) is 57.7 Å². The number of hydrogen-bond acceptors (Lipinski definition) is 10. The van der Waals surface area contributed by atoms with E-state index in [4.69, 9.17) is 11.5 Å². The van der Waals surface area contributed by atoms with Crippen LogP contribution in [0.25, 0.3) is 5.70 Å². The van der Waals surface area contributed by atoms with Crippen molar-refractivity contribution < 1.29 is 0 Å². The predicted octanol–water partition coefficient (Wildman–Crippen LogP) is -0.470. The highest BCUT2D eigenvalue weighted by atomic mass is 32.2. The third-order valence-corrected chi connectivity index (χ3v) is 6.39. The predicted molar refractivity (Wildman–Crippen MR) is 122 cm³/mol.